The number of rotatable bonds is 5. The van der Waals surface area contributed by atoms with Gasteiger partial charge in [0.25, 0.3) is 5.91 Å². The molecule has 0 spiro atoms. The van der Waals surface area contributed by atoms with Crippen LogP contribution in [0, 0.1) is 11.6 Å². The molecule has 2 heterocycles. The topological polar surface area (TPSA) is 60.9 Å². The second-order valence-electron chi connectivity index (χ2n) is 8.79. The van der Waals surface area contributed by atoms with E-state index in [1.807, 2.05) is 17.0 Å². The summed E-state index contributed by atoms with van der Waals surface area (Å²) in [5.41, 5.74) is 2.15. The van der Waals surface area contributed by atoms with Gasteiger partial charge in [-0.1, -0.05) is 11.6 Å². The van der Waals surface area contributed by atoms with Crippen LogP contribution in [0.1, 0.15) is 22.3 Å². The number of amides is 2. The fourth-order valence-corrected chi connectivity index (χ4v) is 4.85. The lowest BCUT2D eigenvalue weighted by molar-refractivity contribution is -0.123. The zero-order valence-electron chi connectivity index (χ0n) is 19.2. The molecule has 36 heavy (non-hydrogen) atoms. The highest BCUT2D eigenvalue weighted by atomic mass is 35.5. The lowest BCUT2D eigenvalue weighted by atomic mass is 10.0. The summed E-state index contributed by atoms with van der Waals surface area (Å²) >= 11 is 5.84. The Balaban J connectivity index is 1.21. The van der Waals surface area contributed by atoms with E-state index in [0.717, 1.165) is 16.7 Å². The standard InChI is InChI=1S/C27H22ClF2N3O3/c28-22-15-21(9-10-23(22)30)33-25(34)16-24(27(33)36)32-13-11-31(12-14-32)20-7-3-18(4-8-20)26(35)17-1-5-19(29)6-2-17/h1-10,15,24H,11-14,16H2. The second-order valence-corrected chi connectivity index (χ2v) is 9.20. The zero-order chi connectivity index (χ0) is 25.4. The first-order chi connectivity index (χ1) is 17.3. The molecular weight excluding hydrogens is 488 g/mol. The van der Waals surface area contributed by atoms with Gasteiger partial charge in [-0.05, 0) is 66.7 Å². The average Bonchev–Trinajstić information content (AvgIpc) is 3.19. The first-order valence-electron chi connectivity index (χ1n) is 11.5. The van der Waals surface area contributed by atoms with Gasteiger partial charge in [-0.15, -0.1) is 0 Å². The maximum Gasteiger partial charge on any atom is 0.251 e. The molecule has 0 aliphatic carbocycles. The van der Waals surface area contributed by atoms with Crippen LogP contribution in [0.5, 0.6) is 0 Å². The van der Waals surface area contributed by atoms with Crippen LogP contribution in [0.25, 0.3) is 0 Å². The molecule has 9 heteroatoms. The van der Waals surface area contributed by atoms with Crippen molar-refractivity contribution in [3.8, 4) is 0 Å². The highest BCUT2D eigenvalue weighted by molar-refractivity contribution is 6.31. The third-order valence-corrected chi connectivity index (χ3v) is 6.93. The molecule has 2 aliphatic rings. The SMILES string of the molecule is O=C(c1ccc(F)cc1)c1ccc(N2CCN(C3CC(=O)N(c4ccc(F)c(Cl)c4)C3=O)CC2)cc1. The van der Waals surface area contributed by atoms with Crippen molar-refractivity contribution in [3.63, 3.8) is 0 Å². The summed E-state index contributed by atoms with van der Waals surface area (Å²) in [4.78, 5) is 43.5. The summed E-state index contributed by atoms with van der Waals surface area (Å²) in [5.74, 6) is -1.85. The first-order valence-corrected chi connectivity index (χ1v) is 11.9. The van der Waals surface area contributed by atoms with Crippen LogP contribution in [0.2, 0.25) is 5.02 Å². The van der Waals surface area contributed by atoms with E-state index in [2.05, 4.69) is 4.90 Å². The molecule has 184 valence electrons. The van der Waals surface area contributed by atoms with Crippen molar-refractivity contribution in [2.45, 2.75) is 12.5 Å². The van der Waals surface area contributed by atoms with Crippen LogP contribution in [-0.4, -0.2) is 54.7 Å². The molecule has 2 aliphatic heterocycles. The number of halogens is 3. The van der Waals surface area contributed by atoms with E-state index >= 15 is 0 Å². The second kappa shape index (κ2) is 9.79. The number of nitrogens with zero attached hydrogens (tertiary/aromatic N) is 3. The van der Waals surface area contributed by atoms with Crippen molar-refractivity contribution in [3.05, 3.63) is 94.5 Å². The molecule has 2 saturated heterocycles. The number of piperazine rings is 1. The van der Waals surface area contributed by atoms with Crippen molar-refractivity contribution < 1.29 is 23.2 Å². The maximum absolute atomic E-state index is 13.5. The molecular formula is C27H22ClF2N3O3. The largest absolute Gasteiger partial charge is 0.369 e. The smallest absolute Gasteiger partial charge is 0.251 e. The summed E-state index contributed by atoms with van der Waals surface area (Å²) in [7, 11) is 0. The third-order valence-electron chi connectivity index (χ3n) is 6.64. The van der Waals surface area contributed by atoms with E-state index in [9.17, 15) is 23.2 Å². The number of hydrogen-bond acceptors (Lipinski definition) is 5. The minimum Gasteiger partial charge on any atom is -0.369 e. The van der Waals surface area contributed by atoms with Crippen molar-refractivity contribution >= 4 is 40.6 Å². The van der Waals surface area contributed by atoms with Gasteiger partial charge in [0.05, 0.1) is 23.2 Å². The number of ketones is 1. The van der Waals surface area contributed by atoms with Gasteiger partial charge < -0.3 is 4.90 Å². The summed E-state index contributed by atoms with van der Waals surface area (Å²) in [6.07, 6.45) is 0.0635. The van der Waals surface area contributed by atoms with Crippen LogP contribution >= 0.6 is 11.6 Å². The quantitative estimate of drug-likeness (QED) is 0.379. The van der Waals surface area contributed by atoms with Gasteiger partial charge in [-0.25, -0.2) is 13.7 Å². The number of benzene rings is 3. The minimum atomic E-state index is -0.611. The van der Waals surface area contributed by atoms with Crippen LogP contribution in [0.15, 0.2) is 66.7 Å². The monoisotopic (exact) mass is 509 g/mol. The maximum atomic E-state index is 13.5. The van der Waals surface area contributed by atoms with E-state index in [4.69, 9.17) is 11.6 Å². The van der Waals surface area contributed by atoms with E-state index < -0.39 is 17.7 Å². The predicted molar refractivity (Wildman–Crippen MR) is 132 cm³/mol. The first kappa shape index (κ1) is 24.1. The molecule has 0 aromatic heterocycles. The van der Waals surface area contributed by atoms with Crippen LogP contribution in [0.3, 0.4) is 0 Å². The molecule has 6 nitrogen and oxygen atoms in total. The summed E-state index contributed by atoms with van der Waals surface area (Å²) in [6, 6.07) is 15.9. The fourth-order valence-electron chi connectivity index (χ4n) is 4.68. The van der Waals surface area contributed by atoms with E-state index in [-0.39, 0.29) is 34.7 Å². The van der Waals surface area contributed by atoms with Crippen molar-refractivity contribution in [2.75, 3.05) is 36.0 Å². The molecule has 1 unspecified atom stereocenters. The lowest BCUT2D eigenvalue weighted by Crippen LogP contribution is -2.52. The zero-order valence-corrected chi connectivity index (χ0v) is 19.9. The van der Waals surface area contributed by atoms with Crippen molar-refractivity contribution in [1.82, 2.24) is 4.90 Å². The Morgan fingerprint density at radius 3 is 2.00 bits per heavy atom. The van der Waals surface area contributed by atoms with Crippen LogP contribution in [0.4, 0.5) is 20.2 Å². The Labute approximate surface area is 211 Å². The summed E-state index contributed by atoms with van der Waals surface area (Å²) < 4.78 is 26.6. The van der Waals surface area contributed by atoms with Gasteiger partial charge >= 0.3 is 0 Å². The Morgan fingerprint density at radius 1 is 0.806 bits per heavy atom. The molecule has 2 fully saturated rings. The molecule has 0 radical (unpaired) electrons. The van der Waals surface area contributed by atoms with Crippen molar-refractivity contribution in [2.24, 2.45) is 0 Å². The van der Waals surface area contributed by atoms with Gasteiger partial charge in [-0.2, -0.15) is 0 Å². The van der Waals surface area contributed by atoms with Gasteiger partial charge in [0, 0.05) is 43.0 Å². The normalized spacial score (nSPS) is 18.7. The number of imide groups is 1. The minimum absolute atomic E-state index is 0.0635. The highest BCUT2D eigenvalue weighted by Gasteiger charge is 2.43. The van der Waals surface area contributed by atoms with Crippen LogP contribution < -0.4 is 9.80 Å². The van der Waals surface area contributed by atoms with Gasteiger partial charge in [0.2, 0.25) is 5.91 Å². The predicted octanol–water partition coefficient (Wildman–Crippen LogP) is 4.30. The van der Waals surface area contributed by atoms with Crippen LogP contribution in [-0.2, 0) is 9.59 Å². The molecule has 0 N–H and O–H groups in total. The number of carbonyl (C=O) groups is 3. The molecule has 0 bridgehead atoms. The number of carbonyl (C=O) groups excluding carboxylic acids is 3. The molecule has 3 aromatic carbocycles. The Bertz CT molecular complexity index is 1320. The lowest BCUT2D eigenvalue weighted by Gasteiger charge is -2.38. The highest BCUT2D eigenvalue weighted by Crippen LogP contribution is 2.30. The Hall–Kier alpha value is -3.62. The number of anilines is 2. The molecule has 0 saturated carbocycles. The molecule has 1 atom stereocenters. The molecule has 5 rings (SSSR count). The fraction of sp³-hybridized carbons (Fsp3) is 0.222. The Morgan fingerprint density at radius 2 is 1.39 bits per heavy atom. The van der Waals surface area contributed by atoms with E-state index in [1.54, 1.807) is 12.1 Å². The number of hydrogen-bond donors (Lipinski definition) is 0. The van der Waals surface area contributed by atoms with Gasteiger partial charge in [0.1, 0.15) is 11.6 Å². The van der Waals surface area contributed by atoms with Crippen molar-refractivity contribution in [1.29, 1.82) is 0 Å². The summed E-state index contributed by atoms with van der Waals surface area (Å²) in [6.45, 7) is 2.45. The van der Waals surface area contributed by atoms with Gasteiger partial charge in [-0.3, -0.25) is 19.3 Å². The Kier molecular flexibility index (Phi) is 6.55. The molecule has 2 amide bonds. The van der Waals surface area contributed by atoms with E-state index in [0.29, 0.717) is 37.3 Å². The average molecular weight is 510 g/mol. The molecule has 3 aromatic rings. The third kappa shape index (κ3) is 4.62. The van der Waals surface area contributed by atoms with E-state index in [1.165, 1.54) is 36.4 Å². The summed E-state index contributed by atoms with van der Waals surface area (Å²) in [5, 5.41) is -0.143. The van der Waals surface area contributed by atoms with Gasteiger partial charge in [0.15, 0.2) is 5.78 Å².